The Balaban J connectivity index is 1.41. The van der Waals surface area contributed by atoms with Crippen molar-refractivity contribution in [3.63, 3.8) is 0 Å². The lowest BCUT2D eigenvalue weighted by atomic mass is 9.97. The van der Waals surface area contributed by atoms with Crippen LogP contribution in [-0.4, -0.2) is 36.1 Å². The van der Waals surface area contributed by atoms with E-state index < -0.39 is 35.6 Å². The Labute approximate surface area is 207 Å². The van der Waals surface area contributed by atoms with Crippen LogP contribution in [0.5, 0.6) is 0 Å². The molecule has 1 aliphatic rings. The zero-order valence-corrected chi connectivity index (χ0v) is 19.7. The fourth-order valence-corrected chi connectivity index (χ4v) is 4.25. The number of para-hydroxylation sites is 1. The van der Waals surface area contributed by atoms with E-state index in [1.54, 1.807) is 12.1 Å². The number of rotatable bonds is 6. The van der Waals surface area contributed by atoms with E-state index in [0.717, 1.165) is 17.2 Å². The number of carbonyl (C=O) groups excluding carboxylic acids is 2. The van der Waals surface area contributed by atoms with Gasteiger partial charge >= 0.3 is 12.1 Å². The molecular weight excluding hydrogens is 471 g/mol. The van der Waals surface area contributed by atoms with Crippen LogP contribution in [0.15, 0.2) is 72.9 Å². The van der Waals surface area contributed by atoms with Gasteiger partial charge in [0.25, 0.3) is 5.91 Å². The lowest BCUT2D eigenvalue weighted by Gasteiger charge is -2.34. The molecule has 9 heteroatoms. The zero-order valence-electron chi connectivity index (χ0n) is 19.7. The summed E-state index contributed by atoms with van der Waals surface area (Å²) in [5.74, 6) is -1.99. The number of nitrogens with one attached hydrogen (secondary N) is 1. The van der Waals surface area contributed by atoms with Crippen LogP contribution in [-0.2, 0) is 20.5 Å². The van der Waals surface area contributed by atoms with Gasteiger partial charge in [-0.2, -0.15) is 13.2 Å². The highest BCUT2D eigenvalue weighted by molar-refractivity contribution is 5.98. The van der Waals surface area contributed by atoms with Crippen molar-refractivity contribution < 1.29 is 27.5 Å². The predicted octanol–water partition coefficient (Wildman–Crippen LogP) is 5.55. The molecule has 0 spiro atoms. The molecule has 1 aromatic heterocycles. The molecule has 2 heterocycles. The second-order valence-electron chi connectivity index (χ2n) is 8.64. The van der Waals surface area contributed by atoms with Gasteiger partial charge in [-0.3, -0.25) is 9.59 Å². The number of carbonyl (C=O) groups is 2. The third-order valence-corrected chi connectivity index (χ3v) is 6.08. The van der Waals surface area contributed by atoms with Crippen LogP contribution in [0.2, 0.25) is 0 Å². The highest BCUT2D eigenvalue weighted by Gasteiger charge is 2.38. The summed E-state index contributed by atoms with van der Waals surface area (Å²) < 4.78 is 45.7. The average Bonchev–Trinajstić information content (AvgIpc) is 2.89. The maximum atomic E-state index is 13.4. The molecule has 0 bridgehead atoms. The third kappa shape index (κ3) is 5.84. The molecule has 36 heavy (non-hydrogen) atoms. The third-order valence-electron chi connectivity index (χ3n) is 6.08. The lowest BCUT2D eigenvalue weighted by molar-refractivity contribution is -0.157. The Hall–Kier alpha value is -3.88. The van der Waals surface area contributed by atoms with Crippen molar-refractivity contribution in [2.45, 2.75) is 32.0 Å². The maximum absolute atomic E-state index is 13.4. The largest absolute Gasteiger partial charge is 0.452 e. The highest BCUT2D eigenvalue weighted by Crippen LogP contribution is 2.36. The summed E-state index contributed by atoms with van der Waals surface area (Å²) in [6.45, 7) is 1.85. The molecule has 0 saturated carbocycles. The molecule has 0 radical (unpaired) electrons. The van der Waals surface area contributed by atoms with Gasteiger partial charge in [-0.05, 0) is 43.5 Å². The first kappa shape index (κ1) is 25.2. The topological polar surface area (TPSA) is 71.5 Å². The van der Waals surface area contributed by atoms with E-state index in [1.165, 1.54) is 24.1 Å². The summed E-state index contributed by atoms with van der Waals surface area (Å²) in [4.78, 5) is 31.0. The summed E-state index contributed by atoms with van der Waals surface area (Å²) in [7, 11) is 0. The predicted molar refractivity (Wildman–Crippen MR) is 130 cm³/mol. The normalized spacial score (nSPS) is 16.8. The van der Waals surface area contributed by atoms with Crippen molar-refractivity contribution in [2.24, 2.45) is 5.92 Å². The van der Waals surface area contributed by atoms with Crippen LogP contribution in [0.3, 0.4) is 0 Å². The minimum absolute atomic E-state index is 0.0319. The number of ether oxygens (including phenoxy) is 1. The van der Waals surface area contributed by atoms with E-state index in [9.17, 15) is 22.8 Å². The van der Waals surface area contributed by atoms with E-state index in [1.807, 2.05) is 42.5 Å². The van der Waals surface area contributed by atoms with Gasteiger partial charge in [0.2, 0.25) is 0 Å². The highest BCUT2D eigenvalue weighted by atomic mass is 19.4. The molecule has 2 unspecified atom stereocenters. The van der Waals surface area contributed by atoms with E-state index in [2.05, 4.69) is 10.3 Å². The first-order valence-corrected chi connectivity index (χ1v) is 11.7. The number of pyridine rings is 1. The van der Waals surface area contributed by atoms with E-state index in [-0.39, 0.29) is 12.4 Å². The second kappa shape index (κ2) is 10.8. The lowest BCUT2D eigenvalue weighted by Crippen LogP contribution is -2.42. The molecule has 2 aromatic carbocycles. The molecular formula is C27H26F3N3O3. The van der Waals surface area contributed by atoms with Crippen LogP contribution in [0.4, 0.5) is 24.7 Å². The number of halogens is 3. The number of amides is 1. The van der Waals surface area contributed by atoms with E-state index in [4.69, 9.17) is 4.74 Å². The Morgan fingerprint density at radius 1 is 1.06 bits per heavy atom. The van der Waals surface area contributed by atoms with Gasteiger partial charge < -0.3 is 15.0 Å². The fraction of sp³-hybridized carbons (Fsp3) is 0.296. The van der Waals surface area contributed by atoms with Crippen molar-refractivity contribution >= 4 is 23.4 Å². The number of hydrogen-bond acceptors (Lipinski definition) is 5. The van der Waals surface area contributed by atoms with Gasteiger partial charge in [0.05, 0.1) is 11.5 Å². The van der Waals surface area contributed by atoms with Gasteiger partial charge in [-0.25, -0.2) is 4.98 Å². The molecule has 0 aliphatic carbocycles. The molecule has 1 saturated heterocycles. The van der Waals surface area contributed by atoms with E-state index >= 15 is 0 Å². The Morgan fingerprint density at radius 3 is 2.53 bits per heavy atom. The number of benzene rings is 2. The number of aromatic nitrogens is 1. The van der Waals surface area contributed by atoms with Gasteiger partial charge in [-0.15, -0.1) is 0 Å². The molecule has 188 valence electrons. The van der Waals surface area contributed by atoms with Gasteiger partial charge in [0.15, 0.2) is 6.10 Å². The van der Waals surface area contributed by atoms with Gasteiger partial charge in [0.1, 0.15) is 5.82 Å². The summed E-state index contributed by atoms with van der Waals surface area (Å²) in [6.07, 6.45) is -3.39. The molecule has 1 N–H and O–H groups in total. The average molecular weight is 498 g/mol. The monoisotopic (exact) mass is 497 g/mol. The fourth-order valence-electron chi connectivity index (χ4n) is 4.25. The minimum Gasteiger partial charge on any atom is -0.452 e. The number of nitrogens with zero attached hydrogens (tertiary/aromatic N) is 2. The first-order chi connectivity index (χ1) is 17.2. The van der Waals surface area contributed by atoms with Crippen molar-refractivity contribution in [1.29, 1.82) is 0 Å². The number of anilines is 2. The van der Waals surface area contributed by atoms with Gasteiger partial charge in [-0.1, -0.05) is 48.5 Å². The zero-order chi connectivity index (χ0) is 25.7. The number of piperidine rings is 1. The SMILES string of the molecule is CC(OC(=O)C1CCCN(c2ncccc2C(F)(F)F)C1)C(=O)Nc1ccccc1-c1ccccc1. The van der Waals surface area contributed by atoms with Crippen molar-refractivity contribution in [1.82, 2.24) is 4.98 Å². The van der Waals surface area contributed by atoms with Gasteiger partial charge in [0, 0.05) is 30.5 Å². The summed E-state index contributed by atoms with van der Waals surface area (Å²) in [5, 5.41) is 2.81. The van der Waals surface area contributed by atoms with Crippen LogP contribution in [0.25, 0.3) is 11.1 Å². The number of hydrogen-bond donors (Lipinski definition) is 1. The number of alkyl halides is 3. The maximum Gasteiger partial charge on any atom is 0.419 e. The Bertz CT molecular complexity index is 1220. The summed E-state index contributed by atoms with van der Waals surface area (Å²) in [6, 6.07) is 19.1. The molecule has 1 aliphatic heterocycles. The summed E-state index contributed by atoms with van der Waals surface area (Å²) >= 11 is 0. The van der Waals surface area contributed by atoms with Crippen molar-refractivity contribution in [3.05, 3.63) is 78.5 Å². The van der Waals surface area contributed by atoms with Crippen molar-refractivity contribution in [2.75, 3.05) is 23.3 Å². The van der Waals surface area contributed by atoms with Crippen LogP contribution < -0.4 is 10.2 Å². The second-order valence-corrected chi connectivity index (χ2v) is 8.64. The number of esters is 1. The van der Waals surface area contributed by atoms with Crippen molar-refractivity contribution in [3.8, 4) is 11.1 Å². The molecule has 6 nitrogen and oxygen atoms in total. The summed E-state index contributed by atoms with van der Waals surface area (Å²) in [5.41, 5.74) is 1.48. The smallest absolute Gasteiger partial charge is 0.419 e. The molecule has 2 atom stereocenters. The van der Waals surface area contributed by atoms with E-state index in [0.29, 0.717) is 25.1 Å². The first-order valence-electron chi connectivity index (χ1n) is 11.7. The molecule has 4 rings (SSSR count). The molecule has 3 aromatic rings. The Morgan fingerprint density at radius 2 is 1.78 bits per heavy atom. The van der Waals surface area contributed by atoms with Crippen LogP contribution in [0, 0.1) is 5.92 Å². The molecule has 1 amide bonds. The Kier molecular flexibility index (Phi) is 7.57. The quantitative estimate of drug-likeness (QED) is 0.452. The van der Waals surface area contributed by atoms with Crippen LogP contribution >= 0.6 is 0 Å². The van der Waals surface area contributed by atoms with Crippen LogP contribution in [0.1, 0.15) is 25.3 Å². The molecule has 1 fully saturated rings. The minimum atomic E-state index is -4.56. The standard InChI is InChI=1S/C27H26F3N3O3/c1-18(25(34)32-23-14-6-5-12-21(23)19-9-3-2-4-10-19)36-26(35)20-11-8-16-33(17-20)24-22(27(28,29)30)13-7-15-31-24/h2-7,9-10,12-15,18,20H,8,11,16-17H2,1H3,(H,32,34).